The number of hydrogen-bond donors (Lipinski definition) is 0. The zero-order chi connectivity index (χ0) is 11.3. The molecule has 2 nitrogen and oxygen atoms in total. The maximum Gasteiger partial charge on any atom is 0.253 e. The van der Waals surface area contributed by atoms with Gasteiger partial charge in [0.05, 0.1) is 0 Å². The van der Waals surface area contributed by atoms with Crippen molar-refractivity contribution in [1.29, 1.82) is 0 Å². The minimum Gasteiger partial charge on any atom is -0.342 e. The van der Waals surface area contributed by atoms with Crippen LogP contribution in [0.15, 0.2) is 30.8 Å². The third kappa shape index (κ3) is 2.94. The highest BCUT2D eigenvalue weighted by molar-refractivity contribution is 5.94. The van der Waals surface area contributed by atoms with Crippen LogP contribution in [0.25, 0.3) is 6.08 Å². The number of benzene rings is 1. The van der Waals surface area contributed by atoms with Gasteiger partial charge in [0.2, 0.25) is 0 Å². The van der Waals surface area contributed by atoms with Gasteiger partial charge >= 0.3 is 0 Å². The first kappa shape index (κ1) is 11.5. The second kappa shape index (κ2) is 5.35. The maximum absolute atomic E-state index is 11.8. The SMILES string of the molecule is C=Cc1ccc(C(=O)N(C)CCC)cc1. The van der Waals surface area contributed by atoms with Crippen LogP contribution in [-0.4, -0.2) is 24.4 Å². The minimum atomic E-state index is 0.0764. The summed E-state index contributed by atoms with van der Waals surface area (Å²) >= 11 is 0. The van der Waals surface area contributed by atoms with Crippen molar-refractivity contribution < 1.29 is 4.79 Å². The molecule has 0 N–H and O–H groups in total. The molecule has 0 atom stereocenters. The summed E-state index contributed by atoms with van der Waals surface area (Å²) in [4.78, 5) is 13.6. The molecule has 0 aromatic heterocycles. The predicted molar refractivity (Wildman–Crippen MR) is 63.8 cm³/mol. The molecule has 1 aromatic rings. The molecule has 0 saturated heterocycles. The first-order valence-electron chi connectivity index (χ1n) is 5.17. The van der Waals surface area contributed by atoms with Gasteiger partial charge in [-0.25, -0.2) is 0 Å². The summed E-state index contributed by atoms with van der Waals surface area (Å²) in [6, 6.07) is 7.48. The third-order valence-electron chi connectivity index (χ3n) is 2.30. The molecule has 0 spiro atoms. The van der Waals surface area contributed by atoms with Gasteiger partial charge < -0.3 is 4.90 Å². The molecule has 1 rings (SSSR count). The molecule has 80 valence electrons. The lowest BCUT2D eigenvalue weighted by Crippen LogP contribution is -2.27. The molecular weight excluding hydrogens is 186 g/mol. The summed E-state index contributed by atoms with van der Waals surface area (Å²) in [5.74, 6) is 0.0764. The molecule has 0 aliphatic heterocycles. The van der Waals surface area contributed by atoms with Gasteiger partial charge in [0.1, 0.15) is 0 Å². The monoisotopic (exact) mass is 203 g/mol. The lowest BCUT2D eigenvalue weighted by Gasteiger charge is -2.15. The van der Waals surface area contributed by atoms with E-state index in [4.69, 9.17) is 0 Å². The van der Waals surface area contributed by atoms with Crippen molar-refractivity contribution in [2.24, 2.45) is 0 Å². The topological polar surface area (TPSA) is 20.3 Å². The van der Waals surface area contributed by atoms with Crippen LogP contribution in [0, 0.1) is 0 Å². The van der Waals surface area contributed by atoms with Crippen molar-refractivity contribution in [3.63, 3.8) is 0 Å². The third-order valence-corrected chi connectivity index (χ3v) is 2.30. The molecule has 0 saturated carbocycles. The summed E-state index contributed by atoms with van der Waals surface area (Å²) in [6.07, 6.45) is 2.75. The van der Waals surface area contributed by atoms with Crippen LogP contribution in [0.3, 0.4) is 0 Å². The van der Waals surface area contributed by atoms with Crippen LogP contribution in [-0.2, 0) is 0 Å². The van der Waals surface area contributed by atoms with Gasteiger partial charge in [-0.1, -0.05) is 31.7 Å². The normalized spacial score (nSPS) is 9.73. The minimum absolute atomic E-state index is 0.0764. The second-order valence-electron chi connectivity index (χ2n) is 3.55. The lowest BCUT2D eigenvalue weighted by atomic mass is 10.1. The van der Waals surface area contributed by atoms with Crippen LogP contribution in [0.4, 0.5) is 0 Å². The Labute approximate surface area is 91.2 Å². The number of amides is 1. The number of carbonyl (C=O) groups is 1. The molecule has 0 heterocycles. The van der Waals surface area contributed by atoms with E-state index >= 15 is 0 Å². The summed E-state index contributed by atoms with van der Waals surface area (Å²) in [5, 5.41) is 0. The average molecular weight is 203 g/mol. The van der Waals surface area contributed by atoms with Crippen molar-refractivity contribution in [1.82, 2.24) is 4.90 Å². The quantitative estimate of drug-likeness (QED) is 0.737. The highest BCUT2D eigenvalue weighted by atomic mass is 16.2. The van der Waals surface area contributed by atoms with Crippen molar-refractivity contribution in [2.45, 2.75) is 13.3 Å². The Morgan fingerprint density at radius 1 is 1.40 bits per heavy atom. The van der Waals surface area contributed by atoms with Gasteiger partial charge in [0, 0.05) is 19.2 Å². The zero-order valence-corrected chi connectivity index (χ0v) is 9.36. The Morgan fingerprint density at radius 2 is 2.00 bits per heavy atom. The van der Waals surface area contributed by atoms with E-state index in [1.807, 2.05) is 31.3 Å². The van der Waals surface area contributed by atoms with Crippen LogP contribution < -0.4 is 0 Å². The van der Waals surface area contributed by atoms with Gasteiger partial charge in [0.15, 0.2) is 0 Å². The molecule has 0 radical (unpaired) electrons. The van der Waals surface area contributed by atoms with Crippen LogP contribution >= 0.6 is 0 Å². The van der Waals surface area contributed by atoms with Gasteiger partial charge in [-0.2, -0.15) is 0 Å². The van der Waals surface area contributed by atoms with Crippen molar-refractivity contribution in [2.75, 3.05) is 13.6 Å². The Bertz CT molecular complexity index is 340. The van der Waals surface area contributed by atoms with E-state index < -0.39 is 0 Å². The zero-order valence-electron chi connectivity index (χ0n) is 9.36. The molecule has 1 aromatic carbocycles. The van der Waals surface area contributed by atoms with Crippen LogP contribution in [0.2, 0.25) is 0 Å². The number of nitrogens with zero attached hydrogens (tertiary/aromatic N) is 1. The van der Waals surface area contributed by atoms with E-state index in [0.717, 1.165) is 24.1 Å². The van der Waals surface area contributed by atoms with Crippen LogP contribution in [0.5, 0.6) is 0 Å². The van der Waals surface area contributed by atoms with Gasteiger partial charge in [-0.15, -0.1) is 0 Å². The molecule has 15 heavy (non-hydrogen) atoms. The Hall–Kier alpha value is -1.57. The average Bonchev–Trinajstić information content (AvgIpc) is 2.28. The lowest BCUT2D eigenvalue weighted by molar-refractivity contribution is 0.0795. The second-order valence-corrected chi connectivity index (χ2v) is 3.55. The van der Waals surface area contributed by atoms with E-state index in [2.05, 4.69) is 13.5 Å². The molecule has 0 unspecified atom stereocenters. The van der Waals surface area contributed by atoms with Gasteiger partial charge in [-0.3, -0.25) is 4.79 Å². The van der Waals surface area contributed by atoms with Crippen molar-refractivity contribution in [3.8, 4) is 0 Å². The fraction of sp³-hybridized carbons (Fsp3) is 0.308. The smallest absolute Gasteiger partial charge is 0.253 e. The Kier molecular flexibility index (Phi) is 4.10. The molecule has 0 aliphatic carbocycles. The highest BCUT2D eigenvalue weighted by Gasteiger charge is 2.09. The summed E-state index contributed by atoms with van der Waals surface area (Å²) < 4.78 is 0. The van der Waals surface area contributed by atoms with Gasteiger partial charge in [-0.05, 0) is 24.1 Å². The standard InChI is InChI=1S/C13H17NO/c1-4-10-14(3)13(15)12-8-6-11(5-2)7-9-12/h5-9H,2,4,10H2,1,3H3. The largest absolute Gasteiger partial charge is 0.342 e. The van der Waals surface area contributed by atoms with E-state index in [1.165, 1.54) is 0 Å². The number of rotatable bonds is 4. The first-order valence-corrected chi connectivity index (χ1v) is 5.17. The molecule has 0 bridgehead atoms. The molecular formula is C13H17NO. The van der Waals surface area contributed by atoms with Crippen molar-refractivity contribution >= 4 is 12.0 Å². The summed E-state index contributed by atoms with van der Waals surface area (Å²) in [7, 11) is 1.83. The van der Waals surface area contributed by atoms with Gasteiger partial charge in [0.25, 0.3) is 5.91 Å². The van der Waals surface area contributed by atoms with E-state index in [9.17, 15) is 4.79 Å². The number of carbonyl (C=O) groups excluding carboxylic acids is 1. The first-order chi connectivity index (χ1) is 7.19. The predicted octanol–water partition coefficient (Wildman–Crippen LogP) is 2.81. The van der Waals surface area contributed by atoms with E-state index in [1.54, 1.807) is 11.0 Å². The van der Waals surface area contributed by atoms with Crippen LogP contribution in [0.1, 0.15) is 29.3 Å². The fourth-order valence-electron chi connectivity index (χ4n) is 1.42. The molecule has 1 amide bonds. The number of hydrogen-bond acceptors (Lipinski definition) is 1. The molecule has 0 aliphatic rings. The van der Waals surface area contributed by atoms with Crippen molar-refractivity contribution in [3.05, 3.63) is 42.0 Å². The van der Waals surface area contributed by atoms with E-state index in [-0.39, 0.29) is 5.91 Å². The fourth-order valence-corrected chi connectivity index (χ4v) is 1.42. The summed E-state index contributed by atoms with van der Waals surface area (Å²) in [5.41, 5.74) is 1.77. The Morgan fingerprint density at radius 3 is 2.47 bits per heavy atom. The highest BCUT2D eigenvalue weighted by Crippen LogP contribution is 2.07. The summed E-state index contributed by atoms with van der Waals surface area (Å²) in [6.45, 7) is 6.53. The molecule has 0 fully saturated rings. The van der Waals surface area contributed by atoms with E-state index in [0.29, 0.717) is 0 Å². The molecule has 2 heteroatoms. The Balaban J connectivity index is 2.78. The maximum atomic E-state index is 11.8.